The molecule has 12 nitrogen and oxygen atoms in total. The number of benzene rings is 5. The number of anilines is 1. The first kappa shape index (κ1) is 42.9. The number of aliphatic carboxylic acids is 1. The van der Waals surface area contributed by atoms with Crippen molar-refractivity contribution in [3.8, 4) is 0 Å². The maximum Gasteiger partial charge on any atom is 0.352 e. The fourth-order valence-electron chi connectivity index (χ4n) is 7.55. The normalized spacial score (nSPS) is 16.7. The van der Waals surface area contributed by atoms with Crippen molar-refractivity contribution in [3.05, 3.63) is 202 Å². The second-order valence-corrected chi connectivity index (χ2v) is 16.8. The van der Waals surface area contributed by atoms with Gasteiger partial charge in [0.15, 0.2) is 16.9 Å². The summed E-state index contributed by atoms with van der Waals surface area (Å²) in [6.07, 6.45) is -2.05. The number of carbonyl (C=O) groups excluding carboxylic acids is 3. The molecular weight excluding hydrogens is 858 g/mol. The van der Waals surface area contributed by atoms with Crippen molar-refractivity contribution in [2.75, 3.05) is 16.9 Å². The summed E-state index contributed by atoms with van der Waals surface area (Å²) in [6, 6.07) is 47.2. The third-order valence-electron chi connectivity index (χ3n) is 10.6. The number of fused-ring (bicyclic) bond motifs is 1. The third kappa shape index (κ3) is 8.83. The van der Waals surface area contributed by atoms with Crippen LogP contribution in [0.2, 0.25) is 0 Å². The van der Waals surface area contributed by atoms with Crippen molar-refractivity contribution < 1.29 is 33.9 Å². The van der Waals surface area contributed by atoms with Crippen LogP contribution in [0, 0.1) is 0 Å². The lowest BCUT2D eigenvalue weighted by Gasteiger charge is -2.49. The number of amides is 2. The predicted molar refractivity (Wildman–Crippen MR) is 243 cm³/mol. The van der Waals surface area contributed by atoms with Crippen LogP contribution < -0.4 is 10.6 Å². The Kier molecular flexibility index (Phi) is 13.0. The topological polar surface area (TPSA) is 160 Å². The second-order valence-electron chi connectivity index (χ2n) is 14.6. The van der Waals surface area contributed by atoms with E-state index in [0.717, 1.165) is 32.7 Å². The van der Waals surface area contributed by atoms with Crippen LogP contribution in [0.4, 0.5) is 5.13 Å². The number of nitrogens with one attached hydrogen (secondary N) is 2. The van der Waals surface area contributed by atoms with Crippen LogP contribution in [-0.2, 0) is 34.3 Å². The molecule has 0 bridgehead atoms. The van der Waals surface area contributed by atoms with E-state index in [1.807, 2.05) is 152 Å². The van der Waals surface area contributed by atoms with Gasteiger partial charge in [-0.2, -0.15) is 0 Å². The molecular formula is C48H40ClN5O7S2. The van der Waals surface area contributed by atoms with E-state index in [0.29, 0.717) is 10.7 Å². The maximum atomic E-state index is 14.4. The molecule has 2 amide bonds. The third-order valence-corrected chi connectivity index (χ3v) is 13.1. The summed E-state index contributed by atoms with van der Waals surface area (Å²) in [5.41, 5.74) is 3.30. The van der Waals surface area contributed by atoms with Crippen molar-refractivity contribution in [3.63, 3.8) is 0 Å². The minimum absolute atomic E-state index is 0.0608. The molecule has 1 saturated heterocycles. The van der Waals surface area contributed by atoms with E-state index in [1.54, 1.807) is 5.38 Å². The second kappa shape index (κ2) is 19.1. The molecule has 318 valence electrons. The van der Waals surface area contributed by atoms with Gasteiger partial charge in [0.05, 0.1) is 0 Å². The van der Waals surface area contributed by atoms with Gasteiger partial charge in [-0.25, -0.2) is 14.6 Å². The van der Waals surface area contributed by atoms with Crippen molar-refractivity contribution in [1.82, 2.24) is 15.2 Å². The van der Waals surface area contributed by atoms with Gasteiger partial charge in [0.1, 0.15) is 28.3 Å². The number of alkyl halides is 1. The van der Waals surface area contributed by atoms with Crippen LogP contribution >= 0.6 is 34.7 Å². The highest BCUT2D eigenvalue weighted by atomic mass is 35.5. The predicted octanol–water partition coefficient (Wildman–Crippen LogP) is 7.97. The summed E-state index contributed by atoms with van der Waals surface area (Å²) in [7, 11) is 0. The number of hydrogen-bond donors (Lipinski definition) is 3. The number of carboxylic acids is 1. The van der Waals surface area contributed by atoms with Crippen LogP contribution in [0.5, 0.6) is 0 Å². The lowest BCUT2D eigenvalue weighted by Crippen LogP contribution is -2.71. The van der Waals surface area contributed by atoms with E-state index in [9.17, 15) is 24.3 Å². The number of aromatic nitrogens is 1. The molecule has 2 aliphatic rings. The van der Waals surface area contributed by atoms with E-state index in [1.165, 1.54) is 30.0 Å². The van der Waals surface area contributed by atoms with Gasteiger partial charge in [-0.15, -0.1) is 34.7 Å². The SMILES string of the molecule is C[C@H](ON=C(C(=O)NC1C(=O)N2C(C(=O)O)=C(CCl)CS[C@@H]12)c1csc(NC(c2ccccc2)(c2ccccc2)c2ccccc2)n1)C(=O)OC(c1ccccc1)c1ccccc1. The highest BCUT2D eigenvalue weighted by Gasteiger charge is 2.54. The van der Waals surface area contributed by atoms with Gasteiger partial charge in [-0.05, 0) is 40.3 Å². The minimum Gasteiger partial charge on any atom is -0.477 e. The van der Waals surface area contributed by atoms with Gasteiger partial charge in [0.2, 0.25) is 6.10 Å². The van der Waals surface area contributed by atoms with Gasteiger partial charge in [0, 0.05) is 17.0 Å². The zero-order valence-corrected chi connectivity index (χ0v) is 36.1. The molecule has 6 aromatic rings. The fourth-order valence-corrected chi connectivity index (χ4v) is 9.98. The van der Waals surface area contributed by atoms with Crippen LogP contribution in [0.15, 0.2) is 173 Å². The highest BCUT2D eigenvalue weighted by molar-refractivity contribution is 8.00. The van der Waals surface area contributed by atoms with E-state index in [4.69, 9.17) is 26.2 Å². The molecule has 15 heteroatoms. The number of β-lactam (4-membered cyclic amide) rings is 1. The molecule has 0 saturated carbocycles. The Morgan fingerprint density at radius 1 is 0.841 bits per heavy atom. The smallest absolute Gasteiger partial charge is 0.352 e. The zero-order valence-electron chi connectivity index (χ0n) is 33.7. The van der Waals surface area contributed by atoms with Gasteiger partial charge in [-0.3, -0.25) is 14.5 Å². The molecule has 5 aromatic carbocycles. The van der Waals surface area contributed by atoms with E-state index < -0.39 is 52.9 Å². The number of carbonyl (C=O) groups is 4. The number of hydrogen-bond acceptors (Lipinski definition) is 11. The number of nitrogens with zero attached hydrogens (tertiary/aromatic N) is 3. The van der Waals surface area contributed by atoms with Crippen molar-refractivity contribution in [2.45, 2.75) is 36.1 Å². The van der Waals surface area contributed by atoms with Gasteiger partial charge >= 0.3 is 11.9 Å². The molecule has 0 aliphatic carbocycles. The van der Waals surface area contributed by atoms with Crippen LogP contribution in [0.25, 0.3) is 0 Å². The molecule has 3 heterocycles. The summed E-state index contributed by atoms with van der Waals surface area (Å²) in [5.74, 6) is -3.29. The summed E-state index contributed by atoms with van der Waals surface area (Å²) < 4.78 is 6.01. The van der Waals surface area contributed by atoms with Crippen LogP contribution in [0.3, 0.4) is 0 Å². The molecule has 2 aliphatic heterocycles. The number of thiazole rings is 1. The first-order chi connectivity index (χ1) is 30.7. The molecule has 1 fully saturated rings. The first-order valence-corrected chi connectivity index (χ1v) is 22.4. The summed E-state index contributed by atoms with van der Waals surface area (Å²) in [6.45, 7) is 1.45. The van der Waals surface area contributed by atoms with Crippen molar-refractivity contribution >= 4 is 69.3 Å². The molecule has 3 N–H and O–H groups in total. The van der Waals surface area contributed by atoms with E-state index >= 15 is 0 Å². The molecule has 1 unspecified atom stereocenters. The Morgan fingerprint density at radius 3 is 1.84 bits per heavy atom. The minimum atomic E-state index is -1.30. The largest absolute Gasteiger partial charge is 0.477 e. The first-order valence-electron chi connectivity index (χ1n) is 19.9. The summed E-state index contributed by atoms with van der Waals surface area (Å²) >= 11 is 8.54. The quantitative estimate of drug-likeness (QED) is 0.0217. The Hall–Kier alpha value is -6.74. The summed E-state index contributed by atoms with van der Waals surface area (Å²) in [5, 5.41) is 21.9. The van der Waals surface area contributed by atoms with E-state index in [2.05, 4.69) is 15.8 Å². The Balaban J connectivity index is 1.12. The summed E-state index contributed by atoms with van der Waals surface area (Å²) in [4.78, 5) is 65.6. The molecule has 3 atom stereocenters. The average Bonchev–Trinajstić information content (AvgIpc) is 3.80. The van der Waals surface area contributed by atoms with Gasteiger partial charge in [-0.1, -0.05) is 157 Å². The van der Waals surface area contributed by atoms with Crippen molar-refractivity contribution in [1.29, 1.82) is 0 Å². The van der Waals surface area contributed by atoms with E-state index in [-0.39, 0.29) is 28.7 Å². The van der Waals surface area contributed by atoms with Gasteiger partial charge in [0.25, 0.3) is 11.8 Å². The highest BCUT2D eigenvalue weighted by Crippen LogP contribution is 2.42. The maximum absolute atomic E-state index is 14.4. The van der Waals surface area contributed by atoms with Gasteiger partial charge < -0.3 is 25.3 Å². The monoisotopic (exact) mass is 897 g/mol. The fraction of sp³-hybridized carbons (Fsp3) is 0.167. The number of rotatable bonds is 16. The molecule has 1 aromatic heterocycles. The standard InChI is InChI=1S/C48H40ClN5O7S2/c1-30(46(59)60-41(31-17-7-2-8-18-31)32-19-9-3-10-20-32)61-53-38(42(55)51-39-43(56)54-40(45(57)58)33(27-49)28-62-44(39)54)37-29-63-47(50-37)52-48(34-21-11-4-12-22-34,35-23-13-5-14-24-35)36-25-15-6-16-26-36/h2-26,29-30,39,41,44H,27-28H2,1H3,(H,50,52)(H,51,55)(H,57,58)/t30-,39?,44-/m0/s1. The number of esters is 1. The number of carboxylic acid groups (broad SMARTS) is 1. The Labute approximate surface area is 376 Å². The molecule has 8 rings (SSSR count). The average molecular weight is 898 g/mol. The lowest BCUT2D eigenvalue weighted by atomic mass is 9.77. The number of halogens is 1. The Morgan fingerprint density at radius 2 is 1.35 bits per heavy atom. The zero-order chi connectivity index (χ0) is 43.9. The number of thioether (sulfide) groups is 1. The Bertz CT molecular complexity index is 2520. The lowest BCUT2D eigenvalue weighted by molar-refractivity contribution is -0.160. The van der Waals surface area contributed by atoms with Crippen LogP contribution in [-0.4, -0.2) is 73.6 Å². The number of oxime groups is 1. The molecule has 63 heavy (non-hydrogen) atoms. The van der Waals surface area contributed by atoms with Crippen LogP contribution in [0.1, 0.15) is 46.5 Å². The number of ether oxygens (including phenoxy) is 1. The molecule has 0 spiro atoms. The molecule has 0 radical (unpaired) electrons. The van der Waals surface area contributed by atoms with Crippen molar-refractivity contribution in [2.24, 2.45) is 5.16 Å².